The molecule has 0 unspecified atom stereocenters. The fourth-order valence-electron chi connectivity index (χ4n) is 0.962. The van der Waals surface area contributed by atoms with Gasteiger partial charge in [-0.3, -0.25) is 0 Å². The Hall–Kier alpha value is -0.560. The van der Waals surface area contributed by atoms with E-state index in [0.717, 1.165) is 12.1 Å². The van der Waals surface area contributed by atoms with E-state index in [2.05, 4.69) is 29.6 Å². The van der Waals surface area contributed by atoms with Gasteiger partial charge in [0.1, 0.15) is 0 Å². The summed E-state index contributed by atoms with van der Waals surface area (Å²) < 4.78 is 0. The summed E-state index contributed by atoms with van der Waals surface area (Å²) >= 11 is 0. The van der Waals surface area contributed by atoms with Gasteiger partial charge in [-0.05, 0) is 12.2 Å². The van der Waals surface area contributed by atoms with Gasteiger partial charge in [0, 0.05) is 0 Å². The van der Waals surface area contributed by atoms with E-state index in [1.165, 1.54) is 0 Å². The third-order valence-corrected chi connectivity index (χ3v) is 1.53. The first-order valence-electron chi connectivity index (χ1n) is 2.67. The second-order valence-electron chi connectivity index (χ2n) is 2.12. The lowest BCUT2D eigenvalue weighted by Gasteiger charge is -1.78. The van der Waals surface area contributed by atoms with Crippen molar-refractivity contribution in [2.75, 3.05) is 0 Å². The maximum atomic E-state index is 2.33. The molecule has 1 nitrogen and oxygen atoms in total. The molecule has 2 atom stereocenters. The summed E-state index contributed by atoms with van der Waals surface area (Å²) in [6.07, 6.45) is 8.71. The van der Waals surface area contributed by atoms with Crippen molar-refractivity contribution in [2.24, 2.45) is 0 Å². The molecule has 2 N–H and O–H groups in total. The molecule has 1 heterocycles. The third kappa shape index (κ3) is 0.416. The lowest BCUT2D eigenvalue weighted by atomic mass is 10.2. The zero-order valence-electron chi connectivity index (χ0n) is 4.04. The molecule has 2 aliphatic rings. The van der Waals surface area contributed by atoms with E-state index in [-0.39, 0.29) is 0 Å². The number of allylic oxidation sites excluding steroid dienone is 2. The van der Waals surface area contributed by atoms with Crippen LogP contribution in [0.2, 0.25) is 0 Å². The third-order valence-electron chi connectivity index (χ3n) is 1.53. The summed E-state index contributed by atoms with van der Waals surface area (Å²) in [7, 11) is 0. The molecule has 1 heteroatoms. The van der Waals surface area contributed by atoms with E-state index < -0.39 is 0 Å². The number of rotatable bonds is 0. The van der Waals surface area contributed by atoms with Crippen LogP contribution in [0.3, 0.4) is 0 Å². The van der Waals surface area contributed by atoms with Crippen LogP contribution in [-0.4, -0.2) is 12.1 Å². The van der Waals surface area contributed by atoms with Gasteiger partial charge >= 0.3 is 0 Å². The summed E-state index contributed by atoms with van der Waals surface area (Å²) in [6.45, 7) is 0. The first kappa shape index (κ1) is 3.44. The quantitative estimate of drug-likeness (QED) is 0.387. The van der Waals surface area contributed by atoms with E-state index >= 15 is 0 Å². The van der Waals surface area contributed by atoms with Crippen molar-refractivity contribution in [3.63, 3.8) is 0 Å². The monoisotopic (exact) mass is 94.1 g/mol. The molecule has 1 aliphatic heterocycles. The van der Waals surface area contributed by atoms with Crippen LogP contribution in [0.5, 0.6) is 0 Å². The Kier molecular flexibility index (Phi) is 0.484. The molecule has 0 aromatic heterocycles. The molecule has 7 heavy (non-hydrogen) atoms. The van der Waals surface area contributed by atoms with Gasteiger partial charge in [-0.25, -0.2) is 0 Å². The highest BCUT2D eigenvalue weighted by molar-refractivity contribution is 5.19. The van der Waals surface area contributed by atoms with Gasteiger partial charge in [0.2, 0.25) is 0 Å². The molecule has 1 aliphatic carbocycles. The fourth-order valence-corrected chi connectivity index (χ4v) is 0.962. The summed E-state index contributed by atoms with van der Waals surface area (Å²) in [5.74, 6) is 0. The molecule has 0 amide bonds. The van der Waals surface area contributed by atoms with Crippen LogP contribution in [0, 0.1) is 0 Å². The predicted molar refractivity (Wildman–Crippen MR) is 27.8 cm³/mol. The molecule has 0 bridgehead atoms. The normalized spacial score (nSPS) is 43.4. The second kappa shape index (κ2) is 0.984. The van der Waals surface area contributed by atoms with Gasteiger partial charge in [-0.15, -0.1) is 0 Å². The Balaban J connectivity index is 2.28. The van der Waals surface area contributed by atoms with Crippen LogP contribution in [0.4, 0.5) is 0 Å². The number of fused-ring (bicyclic) bond motifs is 1. The first-order valence-corrected chi connectivity index (χ1v) is 2.67. The topological polar surface area (TPSA) is 16.6 Å². The Morgan fingerprint density at radius 1 is 1.00 bits per heavy atom. The molecule has 0 aromatic carbocycles. The van der Waals surface area contributed by atoms with Crippen LogP contribution in [0.25, 0.3) is 0 Å². The van der Waals surface area contributed by atoms with Crippen LogP contribution < -0.4 is 5.32 Å². The zero-order valence-corrected chi connectivity index (χ0v) is 4.04. The minimum atomic E-state index is 0.810. The lowest BCUT2D eigenvalue weighted by Crippen LogP contribution is -2.61. The molecule has 1 fully saturated rings. The molecular weight excluding hydrogens is 86.1 g/mol. The van der Waals surface area contributed by atoms with E-state index in [1.807, 2.05) is 0 Å². The Morgan fingerprint density at radius 3 is 2.00 bits per heavy atom. The van der Waals surface area contributed by atoms with Crippen LogP contribution >= 0.6 is 0 Å². The highest BCUT2D eigenvalue weighted by Crippen LogP contribution is 2.05. The maximum absolute atomic E-state index is 2.33. The van der Waals surface area contributed by atoms with Gasteiger partial charge in [0.25, 0.3) is 0 Å². The predicted octanol–water partition coefficient (Wildman–Crippen LogP) is -0.573. The van der Waals surface area contributed by atoms with Crippen molar-refractivity contribution in [1.29, 1.82) is 0 Å². The van der Waals surface area contributed by atoms with Gasteiger partial charge in [-0.2, -0.15) is 0 Å². The number of nitrogens with two attached hydrogens (primary N) is 1. The smallest absolute Gasteiger partial charge is 0.162 e. The molecular formula is C6H8N+. The SMILES string of the molecule is C1=C[C@@H]2[NH2+][C@@H]2C=C1. The Bertz CT molecular complexity index is 119. The van der Waals surface area contributed by atoms with Crippen molar-refractivity contribution in [2.45, 2.75) is 12.1 Å². The van der Waals surface area contributed by atoms with Crippen molar-refractivity contribution >= 4 is 0 Å². The molecule has 0 spiro atoms. The van der Waals surface area contributed by atoms with Crippen LogP contribution in [0.15, 0.2) is 24.3 Å². The fraction of sp³-hybridized carbons (Fsp3) is 0.333. The van der Waals surface area contributed by atoms with Crippen molar-refractivity contribution in [3.8, 4) is 0 Å². The Labute approximate surface area is 42.7 Å². The molecule has 0 radical (unpaired) electrons. The largest absolute Gasteiger partial charge is 0.324 e. The van der Waals surface area contributed by atoms with E-state index in [1.54, 1.807) is 0 Å². The lowest BCUT2D eigenvalue weighted by molar-refractivity contribution is -0.503. The second-order valence-corrected chi connectivity index (χ2v) is 2.12. The van der Waals surface area contributed by atoms with E-state index in [9.17, 15) is 0 Å². The van der Waals surface area contributed by atoms with Crippen molar-refractivity contribution in [3.05, 3.63) is 24.3 Å². The van der Waals surface area contributed by atoms with Gasteiger partial charge in [0.05, 0.1) is 0 Å². The van der Waals surface area contributed by atoms with Crippen molar-refractivity contribution in [1.82, 2.24) is 0 Å². The van der Waals surface area contributed by atoms with E-state index in [4.69, 9.17) is 0 Å². The summed E-state index contributed by atoms with van der Waals surface area (Å²) in [6, 6.07) is 1.62. The number of hydrogen-bond acceptors (Lipinski definition) is 0. The van der Waals surface area contributed by atoms with Crippen molar-refractivity contribution < 1.29 is 5.32 Å². The summed E-state index contributed by atoms with van der Waals surface area (Å²) in [4.78, 5) is 0. The highest BCUT2D eigenvalue weighted by atomic mass is 15.1. The average molecular weight is 94.1 g/mol. The molecule has 0 aromatic rings. The van der Waals surface area contributed by atoms with Crippen LogP contribution in [0.1, 0.15) is 0 Å². The number of hydrogen-bond donors (Lipinski definition) is 1. The molecule has 36 valence electrons. The highest BCUT2D eigenvalue weighted by Gasteiger charge is 2.39. The van der Waals surface area contributed by atoms with Crippen LogP contribution in [-0.2, 0) is 0 Å². The summed E-state index contributed by atoms with van der Waals surface area (Å²) in [5, 5.41) is 2.33. The minimum absolute atomic E-state index is 0.810. The molecule has 1 saturated heterocycles. The van der Waals surface area contributed by atoms with Gasteiger partial charge < -0.3 is 5.32 Å². The molecule has 0 saturated carbocycles. The van der Waals surface area contributed by atoms with Gasteiger partial charge in [0.15, 0.2) is 12.1 Å². The minimum Gasteiger partial charge on any atom is -0.324 e. The zero-order chi connectivity index (χ0) is 4.69. The van der Waals surface area contributed by atoms with Gasteiger partial charge in [-0.1, -0.05) is 12.2 Å². The van der Waals surface area contributed by atoms with E-state index in [0.29, 0.717) is 0 Å². The number of quaternary nitrogens is 1. The first-order chi connectivity index (χ1) is 3.47. The average Bonchev–Trinajstić information content (AvgIpc) is 2.41. The standard InChI is InChI=1S/C6H7N/c1-2-4-6-5(3-1)7-6/h1-7H/p+1/t5-,6+. The summed E-state index contributed by atoms with van der Waals surface area (Å²) in [5.41, 5.74) is 0. The molecule has 2 rings (SSSR count). The maximum Gasteiger partial charge on any atom is 0.162 e. The Morgan fingerprint density at radius 2 is 1.57 bits per heavy atom.